The van der Waals surface area contributed by atoms with E-state index in [1.165, 1.54) is 11.3 Å². The molecule has 7 nitrogen and oxygen atoms in total. The normalized spacial score (nSPS) is 14.0. The number of rotatable bonds is 7. The highest BCUT2D eigenvalue weighted by Crippen LogP contribution is 2.38. The lowest BCUT2D eigenvalue weighted by atomic mass is 10.1. The summed E-state index contributed by atoms with van der Waals surface area (Å²) < 4.78 is 1.82. The van der Waals surface area contributed by atoms with E-state index in [0.717, 1.165) is 41.0 Å². The molecule has 8 heteroatoms. The van der Waals surface area contributed by atoms with Gasteiger partial charge in [-0.25, -0.2) is 4.68 Å². The first-order chi connectivity index (χ1) is 14.4. The first kappa shape index (κ1) is 20.3. The van der Waals surface area contributed by atoms with E-state index < -0.39 is 5.91 Å². The summed E-state index contributed by atoms with van der Waals surface area (Å²) in [6.45, 7) is 2.42. The molecule has 156 valence electrons. The van der Waals surface area contributed by atoms with Crippen LogP contribution in [0.4, 0.5) is 5.00 Å². The standard InChI is InChI=1S/C22H25N5O2S/c1-14(21(29)25-22-19(20(23)28)17-9-6-10-18(17)30-22)26(2)12-15-11-24-27(13-15)16-7-4-3-5-8-16/h3-5,7-8,11,13-14H,6,9-10,12H2,1-2H3,(H2,23,28)(H,25,29). The Morgan fingerprint density at radius 3 is 2.80 bits per heavy atom. The van der Waals surface area contributed by atoms with Crippen LogP contribution in [-0.4, -0.2) is 39.6 Å². The molecule has 3 N–H and O–H groups in total. The fraction of sp³-hybridized carbons (Fsp3) is 0.318. The lowest BCUT2D eigenvalue weighted by Crippen LogP contribution is -2.39. The number of hydrogen-bond acceptors (Lipinski definition) is 5. The van der Waals surface area contributed by atoms with E-state index >= 15 is 0 Å². The third-order valence-electron chi connectivity index (χ3n) is 5.53. The molecule has 2 amide bonds. The van der Waals surface area contributed by atoms with Crippen LogP contribution in [0.1, 0.15) is 39.7 Å². The first-order valence-electron chi connectivity index (χ1n) is 9.98. The molecule has 1 aliphatic rings. The van der Waals surface area contributed by atoms with Gasteiger partial charge in [-0.2, -0.15) is 5.10 Å². The molecule has 2 heterocycles. The van der Waals surface area contributed by atoms with Crippen molar-refractivity contribution >= 4 is 28.2 Å². The zero-order valence-electron chi connectivity index (χ0n) is 17.1. The SMILES string of the molecule is CC(C(=O)Nc1sc2c(c1C(N)=O)CCC2)N(C)Cc1cnn(-c2ccccc2)c1. The molecule has 30 heavy (non-hydrogen) atoms. The smallest absolute Gasteiger partial charge is 0.251 e. The van der Waals surface area contributed by atoms with Crippen molar-refractivity contribution in [3.8, 4) is 5.69 Å². The Morgan fingerprint density at radius 1 is 1.30 bits per heavy atom. The largest absolute Gasteiger partial charge is 0.365 e. The van der Waals surface area contributed by atoms with E-state index in [1.54, 1.807) is 0 Å². The number of amides is 2. The van der Waals surface area contributed by atoms with E-state index in [2.05, 4.69) is 10.4 Å². The summed E-state index contributed by atoms with van der Waals surface area (Å²) in [5, 5.41) is 7.92. The molecule has 0 fully saturated rings. The van der Waals surface area contributed by atoms with Crippen LogP contribution in [-0.2, 0) is 24.2 Å². The van der Waals surface area contributed by atoms with Crippen molar-refractivity contribution in [3.63, 3.8) is 0 Å². The van der Waals surface area contributed by atoms with Gasteiger partial charge in [0.15, 0.2) is 0 Å². The van der Waals surface area contributed by atoms with E-state index in [0.29, 0.717) is 17.1 Å². The average molecular weight is 424 g/mol. The summed E-state index contributed by atoms with van der Waals surface area (Å²) in [4.78, 5) is 27.9. The van der Waals surface area contributed by atoms with E-state index in [4.69, 9.17) is 5.73 Å². The number of carbonyl (C=O) groups excluding carboxylic acids is 2. The Bertz CT molecular complexity index is 1070. The van der Waals surface area contributed by atoms with Crippen LogP contribution < -0.4 is 11.1 Å². The second-order valence-electron chi connectivity index (χ2n) is 7.63. The number of benzene rings is 1. The summed E-state index contributed by atoms with van der Waals surface area (Å²) in [7, 11) is 1.90. The molecule has 1 atom stereocenters. The zero-order chi connectivity index (χ0) is 21.3. The van der Waals surface area contributed by atoms with Crippen molar-refractivity contribution in [1.29, 1.82) is 0 Å². The van der Waals surface area contributed by atoms with Crippen LogP contribution in [0.2, 0.25) is 0 Å². The number of hydrogen-bond donors (Lipinski definition) is 2. The van der Waals surface area contributed by atoms with E-state index in [1.807, 2.05) is 66.3 Å². The van der Waals surface area contributed by atoms with Gasteiger partial charge in [-0.15, -0.1) is 11.3 Å². The highest BCUT2D eigenvalue weighted by Gasteiger charge is 2.28. The van der Waals surface area contributed by atoms with Gasteiger partial charge in [0.2, 0.25) is 5.91 Å². The second kappa shape index (κ2) is 8.41. The van der Waals surface area contributed by atoms with Gasteiger partial charge >= 0.3 is 0 Å². The van der Waals surface area contributed by atoms with Gasteiger partial charge in [-0.3, -0.25) is 14.5 Å². The third-order valence-corrected chi connectivity index (χ3v) is 6.74. The van der Waals surface area contributed by atoms with E-state index in [9.17, 15) is 9.59 Å². The Morgan fingerprint density at radius 2 is 2.07 bits per heavy atom. The van der Waals surface area contributed by atoms with Gasteiger partial charge in [-0.1, -0.05) is 18.2 Å². The molecule has 0 radical (unpaired) electrons. The van der Waals surface area contributed by atoms with Gasteiger partial charge in [0.05, 0.1) is 23.5 Å². The van der Waals surface area contributed by atoms with Gasteiger partial charge in [0.25, 0.3) is 5.91 Å². The molecule has 3 aromatic rings. The number of likely N-dealkylation sites (N-methyl/N-ethyl adjacent to an activating group) is 1. The number of carbonyl (C=O) groups is 2. The summed E-state index contributed by atoms with van der Waals surface area (Å²) in [6.07, 6.45) is 6.60. The van der Waals surface area contributed by atoms with Crippen molar-refractivity contribution in [1.82, 2.24) is 14.7 Å². The van der Waals surface area contributed by atoms with Crippen LogP contribution in [0.25, 0.3) is 5.69 Å². The molecular weight excluding hydrogens is 398 g/mol. The maximum Gasteiger partial charge on any atom is 0.251 e. The summed E-state index contributed by atoms with van der Waals surface area (Å²) in [5.41, 5.74) is 9.09. The summed E-state index contributed by atoms with van der Waals surface area (Å²) >= 11 is 1.47. The number of nitrogens with two attached hydrogens (primary N) is 1. The molecule has 0 saturated heterocycles. The Labute approximate surface area is 179 Å². The minimum absolute atomic E-state index is 0.157. The minimum atomic E-state index is -0.473. The van der Waals surface area contributed by atoms with Crippen molar-refractivity contribution < 1.29 is 9.59 Å². The summed E-state index contributed by atoms with van der Waals surface area (Å²) in [6, 6.07) is 9.50. The molecular formula is C22H25N5O2S. The summed E-state index contributed by atoms with van der Waals surface area (Å²) in [5.74, 6) is -0.630. The molecule has 1 aromatic carbocycles. The Kier molecular flexibility index (Phi) is 5.69. The number of fused-ring (bicyclic) bond motifs is 1. The highest BCUT2D eigenvalue weighted by molar-refractivity contribution is 7.17. The minimum Gasteiger partial charge on any atom is -0.365 e. The topological polar surface area (TPSA) is 93.2 Å². The fourth-order valence-electron chi connectivity index (χ4n) is 3.76. The molecule has 2 aromatic heterocycles. The average Bonchev–Trinajstić information content (AvgIpc) is 3.44. The predicted octanol–water partition coefficient (Wildman–Crippen LogP) is 2.98. The van der Waals surface area contributed by atoms with Crippen molar-refractivity contribution in [3.05, 3.63) is 64.3 Å². The third kappa shape index (κ3) is 4.01. The predicted molar refractivity (Wildman–Crippen MR) is 118 cm³/mol. The van der Waals surface area contributed by atoms with Gasteiger partial charge in [-0.05, 0) is 50.9 Å². The number of aromatic nitrogens is 2. The quantitative estimate of drug-likeness (QED) is 0.611. The van der Waals surface area contributed by atoms with Crippen LogP contribution in [0.5, 0.6) is 0 Å². The fourth-order valence-corrected chi connectivity index (χ4v) is 5.06. The van der Waals surface area contributed by atoms with Gasteiger partial charge < -0.3 is 11.1 Å². The lowest BCUT2D eigenvalue weighted by molar-refractivity contribution is -0.120. The number of aryl methyl sites for hydroxylation is 1. The first-order valence-corrected chi connectivity index (χ1v) is 10.8. The van der Waals surface area contributed by atoms with Gasteiger partial charge in [0.1, 0.15) is 5.00 Å². The molecule has 4 rings (SSSR count). The van der Waals surface area contributed by atoms with Crippen LogP contribution in [0.15, 0.2) is 42.7 Å². The van der Waals surface area contributed by atoms with Crippen molar-refractivity contribution in [2.24, 2.45) is 5.73 Å². The zero-order valence-corrected chi connectivity index (χ0v) is 17.9. The number of nitrogens with one attached hydrogen (secondary N) is 1. The second-order valence-corrected chi connectivity index (χ2v) is 8.74. The number of anilines is 1. The number of nitrogens with zero attached hydrogens (tertiary/aromatic N) is 3. The number of thiophene rings is 1. The molecule has 0 bridgehead atoms. The Hall–Kier alpha value is -2.97. The van der Waals surface area contributed by atoms with Gasteiger partial charge in [0, 0.05) is 23.2 Å². The molecule has 0 aliphatic heterocycles. The van der Waals surface area contributed by atoms with E-state index in [-0.39, 0.29) is 11.9 Å². The van der Waals surface area contributed by atoms with Crippen LogP contribution in [0.3, 0.4) is 0 Å². The molecule has 0 saturated carbocycles. The van der Waals surface area contributed by atoms with Crippen molar-refractivity contribution in [2.75, 3.05) is 12.4 Å². The maximum atomic E-state index is 12.9. The molecule has 1 aliphatic carbocycles. The number of primary amides is 1. The Balaban J connectivity index is 1.42. The highest BCUT2D eigenvalue weighted by atomic mass is 32.1. The monoisotopic (exact) mass is 423 g/mol. The van der Waals surface area contributed by atoms with Crippen molar-refractivity contribution in [2.45, 2.75) is 38.8 Å². The number of para-hydroxylation sites is 1. The molecule has 0 spiro atoms. The van der Waals surface area contributed by atoms with Crippen LogP contribution in [0, 0.1) is 0 Å². The lowest BCUT2D eigenvalue weighted by Gasteiger charge is -2.23. The maximum absolute atomic E-state index is 12.9. The van der Waals surface area contributed by atoms with Crippen LogP contribution >= 0.6 is 11.3 Å². The molecule has 1 unspecified atom stereocenters.